The lowest BCUT2D eigenvalue weighted by atomic mass is 10.1. The van der Waals surface area contributed by atoms with E-state index in [4.69, 9.17) is 14.2 Å². The lowest BCUT2D eigenvalue weighted by molar-refractivity contribution is -0.167. The van der Waals surface area contributed by atoms with Crippen LogP contribution < -0.4 is 0 Å². The summed E-state index contributed by atoms with van der Waals surface area (Å²) in [4.78, 5) is 38.1. The van der Waals surface area contributed by atoms with Crippen LogP contribution in [0.15, 0.2) is 97.2 Å². The van der Waals surface area contributed by atoms with Crippen LogP contribution in [0.25, 0.3) is 0 Å². The standard InChI is InChI=1S/C62H104O6/c1-4-7-10-13-16-19-22-24-26-28-30-31-33-34-36-38-40-43-46-49-52-55-61(64)67-58-59(57-66-60(63)54-51-48-45-42-21-18-15-12-9-6-3)68-62(65)56-53-50-47-44-41-39-37-35-32-29-27-25-23-20-17-14-11-8-5-2/h8,11,17,20,22,24-25,27-28,30,32-35,39,41,59H,4-7,9-10,12-16,18-19,21,23,26,29,31,36-38,40,42-58H2,1-3H3/b11-8-,20-17-,24-22-,27-25-,30-28-,34-33-,35-32-,41-39-. The summed E-state index contributed by atoms with van der Waals surface area (Å²) in [7, 11) is 0. The smallest absolute Gasteiger partial charge is 0.306 e. The summed E-state index contributed by atoms with van der Waals surface area (Å²) in [5, 5.41) is 0. The van der Waals surface area contributed by atoms with Crippen LogP contribution in [-0.2, 0) is 28.6 Å². The second-order valence-electron chi connectivity index (χ2n) is 18.5. The van der Waals surface area contributed by atoms with E-state index in [1.165, 1.54) is 103 Å². The minimum Gasteiger partial charge on any atom is -0.462 e. The topological polar surface area (TPSA) is 78.9 Å². The Morgan fingerprint density at radius 2 is 0.574 bits per heavy atom. The third-order valence-corrected chi connectivity index (χ3v) is 11.8. The Kier molecular flexibility index (Phi) is 52.9. The number of hydrogen-bond acceptors (Lipinski definition) is 6. The number of carbonyl (C=O) groups excluding carboxylic acids is 3. The Balaban J connectivity index is 4.41. The van der Waals surface area contributed by atoms with Crippen molar-refractivity contribution in [3.63, 3.8) is 0 Å². The SMILES string of the molecule is CC/C=C\C/C=C\C/C=C\C/C=C\C/C=C\CCCCCC(=O)OC(COC(=O)CCCCCCCC/C=C\C/C=C\C/C=C\CCCCCCC)COC(=O)CCCCCCCCCCCC. The molecule has 0 aliphatic rings. The molecule has 0 aliphatic carbocycles. The van der Waals surface area contributed by atoms with Gasteiger partial charge >= 0.3 is 17.9 Å². The van der Waals surface area contributed by atoms with Gasteiger partial charge in [-0.05, 0) is 103 Å². The molecule has 6 heteroatoms. The molecule has 0 rings (SSSR count). The van der Waals surface area contributed by atoms with E-state index in [0.29, 0.717) is 12.8 Å². The molecular formula is C62H104O6. The summed E-state index contributed by atoms with van der Waals surface area (Å²) in [6.07, 6.45) is 74.0. The first-order valence-electron chi connectivity index (χ1n) is 28.2. The molecule has 0 aromatic carbocycles. The molecule has 0 radical (unpaired) electrons. The van der Waals surface area contributed by atoms with Gasteiger partial charge in [0, 0.05) is 19.3 Å². The van der Waals surface area contributed by atoms with Crippen LogP contribution in [0.4, 0.5) is 0 Å². The zero-order chi connectivity index (χ0) is 49.3. The number of ether oxygens (including phenoxy) is 3. The minimum atomic E-state index is -0.800. The average Bonchev–Trinajstić information content (AvgIpc) is 3.34. The molecule has 68 heavy (non-hydrogen) atoms. The molecule has 0 saturated carbocycles. The zero-order valence-corrected chi connectivity index (χ0v) is 44.3. The van der Waals surface area contributed by atoms with Crippen molar-refractivity contribution in [2.45, 2.75) is 264 Å². The van der Waals surface area contributed by atoms with Gasteiger partial charge in [0.05, 0.1) is 0 Å². The summed E-state index contributed by atoms with van der Waals surface area (Å²) in [5.41, 5.74) is 0. The van der Waals surface area contributed by atoms with Gasteiger partial charge in [0.1, 0.15) is 13.2 Å². The normalized spacial score (nSPS) is 12.8. The van der Waals surface area contributed by atoms with E-state index in [-0.39, 0.29) is 37.5 Å². The lowest BCUT2D eigenvalue weighted by Gasteiger charge is -2.18. The Bertz CT molecular complexity index is 1360. The maximum Gasteiger partial charge on any atom is 0.306 e. The van der Waals surface area contributed by atoms with Gasteiger partial charge in [-0.1, -0.05) is 234 Å². The van der Waals surface area contributed by atoms with Crippen LogP contribution in [0.3, 0.4) is 0 Å². The largest absolute Gasteiger partial charge is 0.462 e. The summed E-state index contributed by atoms with van der Waals surface area (Å²) >= 11 is 0. The molecule has 0 heterocycles. The molecule has 0 spiro atoms. The first-order chi connectivity index (χ1) is 33.5. The first-order valence-corrected chi connectivity index (χ1v) is 28.2. The number of esters is 3. The monoisotopic (exact) mass is 945 g/mol. The molecule has 0 bridgehead atoms. The molecule has 0 aliphatic heterocycles. The Morgan fingerprint density at radius 3 is 0.912 bits per heavy atom. The van der Waals surface area contributed by atoms with E-state index in [2.05, 4.69) is 118 Å². The molecule has 1 unspecified atom stereocenters. The first kappa shape index (κ1) is 64.3. The van der Waals surface area contributed by atoms with Crippen molar-refractivity contribution in [3.8, 4) is 0 Å². The van der Waals surface area contributed by atoms with Crippen molar-refractivity contribution in [3.05, 3.63) is 97.2 Å². The second-order valence-corrected chi connectivity index (χ2v) is 18.5. The Hall–Kier alpha value is -3.67. The zero-order valence-electron chi connectivity index (χ0n) is 44.3. The quantitative estimate of drug-likeness (QED) is 0.0262. The summed E-state index contributed by atoms with van der Waals surface area (Å²) < 4.78 is 16.8. The van der Waals surface area contributed by atoms with Crippen LogP contribution in [0.1, 0.15) is 258 Å². The fourth-order valence-corrected chi connectivity index (χ4v) is 7.59. The Labute approximate surface area is 419 Å². The van der Waals surface area contributed by atoms with Gasteiger partial charge in [0.2, 0.25) is 0 Å². The molecule has 0 saturated heterocycles. The number of allylic oxidation sites excluding steroid dienone is 16. The van der Waals surface area contributed by atoms with Gasteiger partial charge in [-0.2, -0.15) is 0 Å². The van der Waals surface area contributed by atoms with Gasteiger partial charge in [0.15, 0.2) is 6.10 Å². The molecule has 0 aromatic heterocycles. The van der Waals surface area contributed by atoms with Gasteiger partial charge in [-0.15, -0.1) is 0 Å². The summed E-state index contributed by atoms with van der Waals surface area (Å²) in [6.45, 7) is 6.46. The van der Waals surface area contributed by atoms with E-state index < -0.39 is 6.10 Å². The fraction of sp³-hybridized carbons (Fsp3) is 0.694. The average molecular weight is 946 g/mol. The van der Waals surface area contributed by atoms with Gasteiger partial charge in [0.25, 0.3) is 0 Å². The maximum atomic E-state index is 12.8. The van der Waals surface area contributed by atoms with Crippen LogP contribution in [0, 0.1) is 0 Å². The third kappa shape index (κ3) is 53.3. The molecule has 6 nitrogen and oxygen atoms in total. The highest BCUT2D eigenvalue weighted by Gasteiger charge is 2.19. The number of unbranched alkanes of at least 4 members (excludes halogenated alkanes) is 23. The Morgan fingerprint density at radius 1 is 0.309 bits per heavy atom. The van der Waals surface area contributed by atoms with Crippen molar-refractivity contribution >= 4 is 17.9 Å². The number of hydrogen-bond donors (Lipinski definition) is 0. The van der Waals surface area contributed by atoms with Crippen molar-refractivity contribution in [1.82, 2.24) is 0 Å². The molecule has 0 amide bonds. The molecular weight excluding hydrogens is 841 g/mol. The van der Waals surface area contributed by atoms with E-state index in [9.17, 15) is 14.4 Å². The molecule has 0 aromatic rings. The van der Waals surface area contributed by atoms with Gasteiger partial charge in [-0.25, -0.2) is 0 Å². The van der Waals surface area contributed by atoms with Crippen LogP contribution >= 0.6 is 0 Å². The van der Waals surface area contributed by atoms with Crippen molar-refractivity contribution in [2.24, 2.45) is 0 Å². The van der Waals surface area contributed by atoms with Crippen molar-refractivity contribution in [2.75, 3.05) is 13.2 Å². The van der Waals surface area contributed by atoms with E-state index in [1.54, 1.807) is 0 Å². The minimum absolute atomic E-state index is 0.0947. The van der Waals surface area contributed by atoms with Crippen LogP contribution in [-0.4, -0.2) is 37.2 Å². The fourth-order valence-electron chi connectivity index (χ4n) is 7.59. The summed E-state index contributed by atoms with van der Waals surface area (Å²) in [6, 6.07) is 0. The highest BCUT2D eigenvalue weighted by Crippen LogP contribution is 2.14. The molecule has 0 N–H and O–H groups in total. The highest BCUT2D eigenvalue weighted by atomic mass is 16.6. The van der Waals surface area contributed by atoms with Crippen LogP contribution in [0.2, 0.25) is 0 Å². The molecule has 1 atom stereocenters. The van der Waals surface area contributed by atoms with Crippen molar-refractivity contribution in [1.29, 1.82) is 0 Å². The van der Waals surface area contributed by atoms with Crippen molar-refractivity contribution < 1.29 is 28.6 Å². The number of carbonyl (C=O) groups is 3. The third-order valence-electron chi connectivity index (χ3n) is 11.8. The second kappa shape index (κ2) is 55.9. The van der Waals surface area contributed by atoms with E-state index in [0.717, 1.165) is 116 Å². The van der Waals surface area contributed by atoms with E-state index in [1.807, 2.05) is 0 Å². The van der Waals surface area contributed by atoms with Gasteiger partial charge < -0.3 is 14.2 Å². The van der Waals surface area contributed by atoms with E-state index >= 15 is 0 Å². The summed E-state index contributed by atoms with van der Waals surface area (Å²) in [5.74, 6) is -0.940. The lowest BCUT2D eigenvalue weighted by Crippen LogP contribution is -2.30. The van der Waals surface area contributed by atoms with Gasteiger partial charge in [-0.3, -0.25) is 14.4 Å². The number of rotatable bonds is 50. The maximum absolute atomic E-state index is 12.8. The van der Waals surface area contributed by atoms with Crippen LogP contribution in [0.5, 0.6) is 0 Å². The predicted octanol–water partition coefficient (Wildman–Crippen LogP) is 18.9. The molecule has 388 valence electrons. The highest BCUT2D eigenvalue weighted by molar-refractivity contribution is 5.71. The molecule has 0 fully saturated rings. The predicted molar refractivity (Wildman–Crippen MR) is 293 cm³/mol.